The highest BCUT2D eigenvalue weighted by Gasteiger charge is 2.36. The van der Waals surface area contributed by atoms with Gasteiger partial charge in [-0.15, -0.1) is 0 Å². The van der Waals surface area contributed by atoms with E-state index in [1.807, 2.05) is 31.2 Å². The Morgan fingerprint density at radius 2 is 1.53 bits per heavy atom. The zero-order valence-electron chi connectivity index (χ0n) is 19.9. The lowest BCUT2D eigenvalue weighted by Gasteiger charge is -2.35. The lowest BCUT2D eigenvalue weighted by Crippen LogP contribution is -2.46. The van der Waals surface area contributed by atoms with Gasteiger partial charge in [0, 0.05) is 11.3 Å². The van der Waals surface area contributed by atoms with Crippen LogP contribution in [0.2, 0.25) is 0 Å². The number of carbonyl (C=O) groups is 1. The molecule has 3 aromatic carbocycles. The van der Waals surface area contributed by atoms with Gasteiger partial charge in [-0.05, 0) is 73.2 Å². The number of urea groups is 1. The summed E-state index contributed by atoms with van der Waals surface area (Å²) in [5.74, 6) is 1.64. The average molecular weight is 487 g/mol. The molecular formula is C27H23FN4O4. The smallest absolute Gasteiger partial charge is 0.326 e. The number of nitrogens with one attached hydrogen (secondary N) is 1. The van der Waals surface area contributed by atoms with Gasteiger partial charge in [-0.2, -0.15) is 4.98 Å². The molecule has 0 fully saturated rings. The monoisotopic (exact) mass is 486 g/mol. The van der Waals surface area contributed by atoms with Crippen LogP contribution < -0.4 is 19.7 Å². The molecular weight excluding hydrogens is 463 g/mol. The molecule has 1 aliphatic heterocycles. The summed E-state index contributed by atoms with van der Waals surface area (Å²) >= 11 is 0. The highest BCUT2D eigenvalue weighted by Crippen LogP contribution is 2.39. The molecule has 0 aliphatic carbocycles. The molecule has 1 atom stereocenters. The summed E-state index contributed by atoms with van der Waals surface area (Å²) in [6, 6.07) is 19.4. The molecule has 0 spiro atoms. The van der Waals surface area contributed by atoms with Crippen LogP contribution in [0.3, 0.4) is 0 Å². The maximum atomic E-state index is 13.7. The predicted octanol–water partition coefficient (Wildman–Crippen LogP) is 5.60. The number of methoxy groups -OCH3 is 2. The van der Waals surface area contributed by atoms with Gasteiger partial charge in [-0.1, -0.05) is 17.3 Å². The predicted molar refractivity (Wildman–Crippen MR) is 132 cm³/mol. The summed E-state index contributed by atoms with van der Waals surface area (Å²) in [4.78, 5) is 19.4. The number of rotatable bonds is 6. The van der Waals surface area contributed by atoms with E-state index in [1.54, 1.807) is 50.6 Å². The molecule has 1 N–H and O–H groups in total. The summed E-state index contributed by atoms with van der Waals surface area (Å²) < 4.78 is 29.8. The fourth-order valence-electron chi connectivity index (χ4n) is 4.16. The first-order chi connectivity index (χ1) is 17.5. The quantitative estimate of drug-likeness (QED) is 0.382. The molecule has 0 radical (unpaired) electrons. The molecule has 1 aromatic heterocycles. The number of ether oxygens (including phenoxy) is 2. The number of halogens is 1. The number of hydrogen-bond donors (Lipinski definition) is 1. The lowest BCUT2D eigenvalue weighted by atomic mass is 9.94. The van der Waals surface area contributed by atoms with Crippen LogP contribution in [0.25, 0.3) is 17.0 Å². The third-order valence-electron chi connectivity index (χ3n) is 6.02. The van der Waals surface area contributed by atoms with Gasteiger partial charge in [-0.25, -0.2) is 9.18 Å². The second-order valence-corrected chi connectivity index (χ2v) is 8.12. The van der Waals surface area contributed by atoms with Gasteiger partial charge >= 0.3 is 6.03 Å². The summed E-state index contributed by atoms with van der Waals surface area (Å²) in [5, 5.41) is 7.17. The van der Waals surface area contributed by atoms with Crippen LogP contribution in [0.15, 0.2) is 83.0 Å². The van der Waals surface area contributed by atoms with Crippen molar-refractivity contribution < 1.29 is 23.2 Å². The summed E-state index contributed by atoms with van der Waals surface area (Å²) in [6.07, 6.45) is 0. The SMILES string of the molecule is COc1ccc(-c2noc(C3=C(C)N(c4ccc(OC)cc4)C(=O)NC3c3ccc(F)cc3)n2)cc1. The van der Waals surface area contributed by atoms with Crippen molar-refractivity contribution in [3.63, 3.8) is 0 Å². The first kappa shape index (κ1) is 23.1. The third kappa shape index (κ3) is 4.26. The molecule has 9 heteroatoms. The van der Waals surface area contributed by atoms with Crippen molar-refractivity contribution in [3.8, 4) is 22.9 Å². The molecule has 8 nitrogen and oxygen atoms in total. The lowest BCUT2D eigenvalue weighted by molar-refractivity contribution is 0.244. The van der Waals surface area contributed by atoms with Crippen molar-refractivity contribution in [2.75, 3.05) is 19.1 Å². The van der Waals surface area contributed by atoms with Crippen LogP contribution in [0.4, 0.5) is 14.9 Å². The van der Waals surface area contributed by atoms with Crippen LogP contribution in [0.1, 0.15) is 24.4 Å². The van der Waals surface area contributed by atoms with Crippen molar-refractivity contribution in [2.45, 2.75) is 13.0 Å². The minimum absolute atomic E-state index is 0.242. The largest absolute Gasteiger partial charge is 0.497 e. The van der Waals surface area contributed by atoms with E-state index in [0.717, 1.165) is 5.56 Å². The maximum Gasteiger partial charge on any atom is 0.326 e. The average Bonchev–Trinajstić information content (AvgIpc) is 3.39. The van der Waals surface area contributed by atoms with E-state index in [9.17, 15) is 9.18 Å². The summed E-state index contributed by atoms with van der Waals surface area (Å²) in [5.41, 5.74) is 3.26. The van der Waals surface area contributed by atoms with Crippen LogP contribution in [-0.2, 0) is 0 Å². The number of carbonyl (C=O) groups excluding carboxylic acids is 1. The van der Waals surface area contributed by atoms with Crippen LogP contribution in [0, 0.1) is 5.82 Å². The van der Waals surface area contributed by atoms with Gasteiger partial charge in [0.25, 0.3) is 5.89 Å². The molecule has 2 heterocycles. The van der Waals surface area contributed by atoms with Crippen LogP contribution >= 0.6 is 0 Å². The Kier molecular flexibility index (Phi) is 6.12. The van der Waals surface area contributed by atoms with Crippen molar-refractivity contribution in [1.29, 1.82) is 0 Å². The van der Waals surface area contributed by atoms with Gasteiger partial charge in [-0.3, -0.25) is 4.90 Å². The molecule has 36 heavy (non-hydrogen) atoms. The molecule has 0 saturated heterocycles. The van der Waals surface area contributed by atoms with Crippen LogP contribution in [0.5, 0.6) is 11.5 Å². The number of hydrogen-bond acceptors (Lipinski definition) is 6. The summed E-state index contributed by atoms with van der Waals surface area (Å²) in [7, 11) is 3.17. The normalized spacial score (nSPS) is 15.6. The number of aromatic nitrogens is 2. The standard InChI is InChI=1S/C27H23FN4O4/c1-16-23(26-30-25(31-36-26)18-6-12-21(34-2)13-7-18)24(17-4-8-19(28)9-5-17)29-27(33)32(16)20-10-14-22(35-3)15-11-20/h4-15,24H,1-3H3,(H,29,33). The van der Waals surface area contributed by atoms with Crippen LogP contribution in [-0.4, -0.2) is 30.4 Å². The number of nitrogens with zero attached hydrogens (tertiary/aromatic N) is 3. The summed E-state index contributed by atoms with van der Waals surface area (Å²) in [6.45, 7) is 1.81. The van der Waals surface area contributed by atoms with Gasteiger partial charge in [0.1, 0.15) is 17.3 Å². The zero-order chi connectivity index (χ0) is 25.2. The topological polar surface area (TPSA) is 89.7 Å². The van der Waals surface area contributed by atoms with E-state index in [2.05, 4.69) is 15.5 Å². The first-order valence-corrected chi connectivity index (χ1v) is 11.2. The second kappa shape index (κ2) is 9.53. The molecule has 5 rings (SSSR count). The highest BCUT2D eigenvalue weighted by molar-refractivity contribution is 6.01. The van der Waals surface area contributed by atoms with Crippen molar-refractivity contribution >= 4 is 17.3 Å². The minimum atomic E-state index is -0.628. The van der Waals surface area contributed by atoms with Gasteiger partial charge < -0.3 is 19.3 Å². The number of allylic oxidation sites excluding steroid dienone is 1. The molecule has 4 aromatic rings. The Labute approximate surface area is 207 Å². The third-order valence-corrected chi connectivity index (χ3v) is 6.02. The maximum absolute atomic E-state index is 13.7. The molecule has 2 amide bonds. The second-order valence-electron chi connectivity index (χ2n) is 8.12. The van der Waals surface area contributed by atoms with Crippen molar-refractivity contribution in [2.24, 2.45) is 0 Å². The van der Waals surface area contributed by atoms with E-state index >= 15 is 0 Å². The first-order valence-electron chi connectivity index (χ1n) is 11.2. The van der Waals surface area contributed by atoms with E-state index in [1.165, 1.54) is 17.0 Å². The van der Waals surface area contributed by atoms with Gasteiger partial charge in [0.15, 0.2) is 0 Å². The zero-order valence-corrected chi connectivity index (χ0v) is 19.9. The fraction of sp³-hybridized carbons (Fsp3) is 0.148. The highest BCUT2D eigenvalue weighted by atomic mass is 19.1. The Morgan fingerprint density at radius 1 is 0.917 bits per heavy atom. The Morgan fingerprint density at radius 3 is 2.14 bits per heavy atom. The molecule has 0 bridgehead atoms. The minimum Gasteiger partial charge on any atom is -0.497 e. The van der Waals surface area contributed by atoms with E-state index in [-0.39, 0.29) is 17.7 Å². The molecule has 182 valence electrons. The number of benzene rings is 3. The van der Waals surface area contributed by atoms with Gasteiger partial charge in [0.2, 0.25) is 5.82 Å². The Hall–Kier alpha value is -4.66. The Balaban J connectivity index is 1.61. The van der Waals surface area contributed by atoms with Crippen molar-refractivity contribution in [1.82, 2.24) is 15.5 Å². The van der Waals surface area contributed by atoms with E-state index in [4.69, 9.17) is 14.0 Å². The molecule has 1 unspecified atom stereocenters. The van der Waals surface area contributed by atoms with Crippen molar-refractivity contribution in [3.05, 3.63) is 95.8 Å². The van der Waals surface area contributed by atoms with E-state index < -0.39 is 6.04 Å². The molecule has 1 aliphatic rings. The number of amides is 2. The fourth-order valence-corrected chi connectivity index (χ4v) is 4.16. The van der Waals surface area contributed by atoms with Gasteiger partial charge in [0.05, 0.1) is 31.5 Å². The number of anilines is 1. The Bertz CT molecular complexity index is 1410. The molecule has 0 saturated carbocycles. The van der Waals surface area contributed by atoms with E-state index in [0.29, 0.717) is 39.8 Å².